The van der Waals surface area contributed by atoms with Gasteiger partial charge in [0.05, 0.1) is 6.61 Å². The number of carbonyl (C=O) groups excluding carboxylic acids is 2. The minimum absolute atomic E-state index is 0.125. The smallest absolute Gasteiger partial charge is 0.410 e. The van der Waals surface area contributed by atoms with Gasteiger partial charge in [0.2, 0.25) is 5.91 Å². The van der Waals surface area contributed by atoms with E-state index in [0.29, 0.717) is 19.1 Å². The maximum atomic E-state index is 12.5. The Balaban J connectivity index is 2.65. The fourth-order valence-electron chi connectivity index (χ4n) is 3.20. The summed E-state index contributed by atoms with van der Waals surface area (Å²) in [6.45, 7) is 7.28. The Bertz CT molecular complexity index is 406. The lowest BCUT2D eigenvalue weighted by Crippen LogP contribution is -2.49. The topological polar surface area (TPSA) is 98.6 Å². The molecule has 0 bridgehead atoms. The number of ether oxygens (including phenoxy) is 1. The third kappa shape index (κ3) is 8.15. The second kappa shape index (κ2) is 10.0. The van der Waals surface area contributed by atoms with Crippen LogP contribution in [0.2, 0.25) is 25.7 Å². The van der Waals surface area contributed by atoms with E-state index in [9.17, 15) is 9.59 Å². The van der Waals surface area contributed by atoms with Gasteiger partial charge in [-0.3, -0.25) is 9.69 Å². The summed E-state index contributed by atoms with van der Waals surface area (Å²) in [5.74, 6) is 0.0386. The molecule has 0 radical (unpaired) electrons. The zero-order valence-corrected chi connectivity index (χ0v) is 16.6. The van der Waals surface area contributed by atoms with Crippen molar-refractivity contribution in [1.82, 2.24) is 4.90 Å². The van der Waals surface area contributed by atoms with Crippen LogP contribution in [-0.2, 0) is 9.53 Å². The number of amides is 2. The highest BCUT2D eigenvalue weighted by atomic mass is 28.3. The average molecular weight is 358 g/mol. The molecule has 7 heteroatoms. The summed E-state index contributed by atoms with van der Waals surface area (Å²) in [6, 6.07) is 0.721. The van der Waals surface area contributed by atoms with Crippen LogP contribution in [0, 0.1) is 5.92 Å². The summed E-state index contributed by atoms with van der Waals surface area (Å²) in [5, 5.41) is 0. The van der Waals surface area contributed by atoms with Crippen LogP contribution < -0.4 is 11.5 Å². The van der Waals surface area contributed by atoms with Crippen LogP contribution in [0.3, 0.4) is 0 Å². The van der Waals surface area contributed by atoms with Crippen LogP contribution in [0.15, 0.2) is 0 Å². The Morgan fingerprint density at radius 1 is 1.21 bits per heavy atom. The van der Waals surface area contributed by atoms with Crippen molar-refractivity contribution < 1.29 is 14.3 Å². The van der Waals surface area contributed by atoms with Gasteiger partial charge in [-0.25, -0.2) is 4.79 Å². The van der Waals surface area contributed by atoms with Crippen molar-refractivity contribution in [1.29, 1.82) is 0 Å². The quantitative estimate of drug-likeness (QED) is 0.619. The predicted molar refractivity (Wildman–Crippen MR) is 99.4 cm³/mol. The van der Waals surface area contributed by atoms with Gasteiger partial charge in [0.1, 0.15) is 6.54 Å². The molecule has 0 aromatic carbocycles. The number of rotatable bonds is 9. The molecule has 1 aliphatic carbocycles. The molecule has 4 N–H and O–H groups in total. The zero-order chi connectivity index (χ0) is 18.2. The number of nitrogens with zero attached hydrogens (tertiary/aromatic N) is 1. The highest BCUT2D eigenvalue weighted by Crippen LogP contribution is 2.28. The Hall–Kier alpha value is -1.08. The van der Waals surface area contributed by atoms with E-state index in [1.807, 2.05) is 0 Å². The highest BCUT2D eigenvalue weighted by molar-refractivity contribution is 6.76. The second-order valence-electron chi connectivity index (χ2n) is 8.15. The summed E-state index contributed by atoms with van der Waals surface area (Å²) in [6.07, 6.45) is 6.47. The van der Waals surface area contributed by atoms with Crippen molar-refractivity contribution in [2.75, 3.05) is 19.7 Å². The molecular weight excluding hydrogens is 322 g/mol. The van der Waals surface area contributed by atoms with Gasteiger partial charge in [-0.15, -0.1) is 0 Å². The molecule has 0 aromatic rings. The Kier molecular flexibility index (Phi) is 8.76. The van der Waals surface area contributed by atoms with Gasteiger partial charge in [0.15, 0.2) is 0 Å². The molecular formula is C17H35N3O3Si. The molecule has 0 heterocycles. The standard InChI is InChI=1S/C17H35N3O3Si/c1-24(2,3)10-9-23-17(22)20(13-16(19)21)15(12-18)11-14-7-5-4-6-8-14/h14-15H,4-13,18H2,1-3H3,(H2,19,21)/t15-/m0/s1. The van der Waals surface area contributed by atoms with Crippen molar-refractivity contribution in [2.45, 2.75) is 70.3 Å². The lowest BCUT2D eigenvalue weighted by Gasteiger charge is -2.33. The third-order valence-corrected chi connectivity index (χ3v) is 6.39. The van der Waals surface area contributed by atoms with Gasteiger partial charge in [0.25, 0.3) is 0 Å². The number of hydrogen-bond acceptors (Lipinski definition) is 4. The average Bonchev–Trinajstić information content (AvgIpc) is 2.50. The summed E-state index contributed by atoms with van der Waals surface area (Å²) < 4.78 is 5.41. The first kappa shape index (κ1) is 21.0. The van der Waals surface area contributed by atoms with Crippen molar-refractivity contribution in [3.63, 3.8) is 0 Å². The van der Waals surface area contributed by atoms with Crippen LogP contribution >= 0.6 is 0 Å². The minimum atomic E-state index is -1.27. The second-order valence-corrected chi connectivity index (χ2v) is 13.8. The van der Waals surface area contributed by atoms with E-state index in [0.717, 1.165) is 12.5 Å². The van der Waals surface area contributed by atoms with Gasteiger partial charge in [-0.2, -0.15) is 0 Å². The van der Waals surface area contributed by atoms with E-state index in [1.54, 1.807) is 0 Å². The SMILES string of the molecule is C[Si](C)(C)CCOC(=O)N(CC(N)=O)[C@H](CN)CC1CCCCC1. The molecule has 2 amide bonds. The van der Waals surface area contributed by atoms with E-state index >= 15 is 0 Å². The van der Waals surface area contributed by atoms with E-state index < -0.39 is 20.1 Å². The maximum absolute atomic E-state index is 12.5. The van der Waals surface area contributed by atoms with Crippen LogP contribution in [0.1, 0.15) is 38.5 Å². The van der Waals surface area contributed by atoms with Crippen molar-refractivity contribution in [3.05, 3.63) is 0 Å². The molecule has 1 saturated carbocycles. The van der Waals surface area contributed by atoms with Gasteiger partial charge >= 0.3 is 6.09 Å². The molecule has 6 nitrogen and oxygen atoms in total. The Morgan fingerprint density at radius 2 is 1.83 bits per heavy atom. The lowest BCUT2D eigenvalue weighted by atomic mass is 9.84. The van der Waals surface area contributed by atoms with Crippen LogP contribution in [0.4, 0.5) is 4.79 Å². The Labute approximate surface area is 147 Å². The summed E-state index contributed by atoms with van der Waals surface area (Å²) >= 11 is 0. The summed E-state index contributed by atoms with van der Waals surface area (Å²) in [5.41, 5.74) is 11.2. The molecule has 0 spiro atoms. The van der Waals surface area contributed by atoms with Crippen molar-refractivity contribution in [3.8, 4) is 0 Å². The van der Waals surface area contributed by atoms with E-state index in [1.165, 1.54) is 37.0 Å². The molecule has 140 valence electrons. The first-order valence-electron chi connectivity index (χ1n) is 9.14. The number of hydrogen-bond donors (Lipinski definition) is 2. The maximum Gasteiger partial charge on any atom is 0.410 e. The fourth-order valence-corrected chi connectivity index (χ4v) is 3.91. The highest BCUT2D eigenvalue weighted by Gasteiger charge is 2.29. The minimum Gasteiger partial charge on any atom is -0.450 e. The van der Waals surface area contributed by atoms with E-state index in [-0.39, 0.29) is 12.6 Å². The van der Waals surface area contributed by atoms with Crippen LogP contribution in [-0.4, -0.2) is 50.7 Å². The first-order chi connectivity index (χ1) is 11.2. The van der Waals surface area contributed by atoms with Gasteiger partial charge < -0.3 is 16.2 Å². The van der Waals surface area contributed by atoms with Gasteiger partial charge in [-0.05, 0) is 18.4 Å². The molecule has 0 saturated heterocycles. The molecule has 0 aliphatic heterocycles. The van der Waals surface area contributed by atoms with Gasteiger partial charge in [0, 0.05) is 20.7 Å². The third-order valence-electron chi connectivity index (χ3n) is 4.68. The van der Waals surface area contributed by atoms with Crippen LogP contribution in [0.5, 0.6) is 0 Å². The van der Waals surface area contributed by atoms with E-state index in [4.69, 9.17) is 16.2 Å². The first-order valence-corrected chi connectivity index (χ1v) is 12.9. The Morgan fingerprint density at radius 3 is 2.33 bits per heavy atom. The fraction of sp³-hybridized carbons (Fsp3) is 0.882. The van der Waals surface area contributed by atoms with Crippen molar-refractivity contribution in [2.24, 2.45) is 17.4 Å². The molecule has 24 heavy (non-hydrogen) atoms. The lowest BCUT2D eigenvalue weighted by molar-refractivity contribution is -0.119. The monoisotopic (exact) mass is 357 g/mol. The van der Waals surface area contributed by atoms with Crippen molar-refractivity contribution >= 4 is 20.1 Å². The molecule has 0 unspecified atom stereocenters. The normalized spacial score (nSPS) is 17.3. The summed E-state index contributed by atoms with van der Waals surface area (Å²) in [7, 11) is -1.27. The largest absolute Gasteiger partial charge is 0.450 e. The van der Waals surface area contributed by atoms with E-state index in [2.05, 4.69) is 19.6 Å². The number of primary amides is 1. The predicted octanol–water partition coefficient (Wildman–Crippen LogP) is 2.55. The number of carbonyl (C=O) groups is 2. The molecule has 1 rings (SSSR count). The molecule has 1 atom stereocenters. The zero-order valence-electron chi connectivity index (χ0n) is 15.6. The number of nitrogens with two attached hydrogens (primary N) is 2. The molecule has 1 aliphatic rings. The molecule has 1 fully saturated rings. The molecule has 0 aromatic heterocycles. The summed E-state index contributed by atoms with van der Waals surface area (Å²) in [4.78, 5) is 25.3. The van der Waals surface area contributed by atoms with Gasteiger partial charge in [-0.1, -0.05) is 51.7 Å². The van der Waals surface area contributed by atoms with Crippen LogP contribution in [0.25, 0.3) is 0 Å².